The SMILES string of the molecule is CC[C@H]1CCOC1C(C)C. The first-order valence-corrected chi connectivity index (χ1v) is 4.37. The predicted molar refractivity (Wildman–Crippen MR) is 43.0 cm³/mol. The molecule has 1 saturated heterocycles. The maximum Gasteiger partial charge on any atom is 0.0626 e. The second-order valence-electron chi connectivity index (χ2n) is 3.54. The Labute approximate surface area is 63.8 Å². The highest BCUT2D eigenvalue weighted by atomic mass is 16.5. The number of hydrogen-bond acceptors (Lipinski definition) is 1. The molecule has 0 aromatic heterocycles. The highest BCUT2D eigenvalue weighted by Crippen LogP contribution is 2.28. The van der Waals surface area contributed by atoms with Gasteiger partial charge >= 0.3 is 0 Å². The molecule has 0 bridgehead atoms. The average Bonchev–Trinajstić information content (AvgIpc) is 2.33. The minimum atomic E-state index is 0.546. The Balaban J connectivity index is 2.42. The van der Waals surface area contributed by atoms with Crippen LogP contribution in [0.5, 0.6) is 0 Å². The van der Waals surface area contributed by atoms with Crippen LogP contribution in [0.1, 0.15) is 33.6 Å². The van der Waals surface area contributed by atoms with Crippen molar-refractivity contribution in [1.82, 2.24) is 0 Å². The molecule has 0 radical (unpaired) electrons. The van der Waals surface area contributed by atoms with Gasteiger partial charge in [0.1, 0.15) is 0 Å². The summed E-state index contributed by atoms with van der Waals surface area (Å²) < 4.78 is 5.62. The third kappa shape index (κ3) is 1.51. The Hall–Kier alpha value is -0.0400. The highest BCUT2D eigenvalue weighted by molar-refractivity contribution is 4.77. The topological polar surface area (TPSA) is 9.23 Å². The molecule has 0 amide bonds. The van der Waals surface area contributed by atoms with Crippen LogP contribution >= 0.6 is 0 Å². The van der Waals surface area contributed by atoms with Crippen LogP contribution in [-0.2, 0) is 4.74 Å². The molecule has 60 valence electrons. The molecule has 1 aliphatic rings. The monoisotopic (exact) mass is 142 g/mol. The third-order valence-electron chi connectivity index (χ3n) is 2.45. The molecule has 0 saturated carbocycles. The van der Waals surface area contributed by atoms with E-state index in [1.807, 2.05) is 0 Å². The lowest BCUT2D eigenvalue weighted by atomic mass is 9.91. The van der Waals surface area contributed by atoms with Crippen molar-refractivity contribution >= 4 is 0 Å². The van der Waals surface area contributed by atoms with Crippen LogP contribution in [0.2, 0.25) is 0 Å². The van der Waals surface area contributed by atoms with Gasteiger partial charge in [0.15, 0.2) is 0 Å². The summed E-state index contributed by atoms with van der Waals surface area (Å²) in [6.45, 7) is 7.74. The lowest BCUT2D eigenvalue weighted by Crippen LogP contribution is -2.21. The van der Waals surface area contributed by atoms with Crippen LogP contribution in [0, 0.1) is 11.8 Å². The summed E-state index contributed by atoms with van der Waals surface area (Å²) in [5, 5.41) is 0. The van der Waals surface area contributed by atoms with E-state index >= 15 is 0 Å². The first-order valence-electron chi connectivity index (χ1n) is 4.37. The van der Waals surface area contributed by atoms with E-state index in [2.05, 4.69) is 20.8 Å². The smallest absolute Gasteiger partial charge is 0.0626 e. The molecule has 1 fully saturated rings. The van der Waals surface area contributed by atoms with Crippen molar-refractivity contribution in [2.45, 2.75) is 39.7 Å². The predicted octanol–water partition coefficient (Wildman–Crippen LogP) is 2.46. The zero-order valence-corrected chi connectivity index (χ0v) is 7.26. The molecule has 1 nitrogen and oxygen atoms in total. The van der Waals surface area contributed by atoms with E-state index in [-0.39, 0.29) is 0 Å². The molecule has 1 aliphatic heterocycles. The zero-order chi connectivity index (χ0) is 7.56. The highest BCUT2D eigenvalue weighted by Gasteiger charge is 2.28. The molecule has 1 heteroatoms. The Bertz CT molecular complexity index is 98.9. The van der Waals surface area contributed by atoms with Crippen LogP contribution in [0.25, 0.3) is 0 Å². The summed E-state index contributed by atoms with van der Waals surface area (Å²) in [5.41, 5.74) is 0. The first kappa shape index (κ1) is 8.06. The molecular weight excluding hydrogens is 124 g/mol. The Morgan fingerprint density at radius 3 is 2.60 bits per heavy atom. The second kappa shape index (κ2) is 3.38. The van der Waals surface area contributed by atoms with E-state index in [1.165, 1.54) is 12.8 Å². The minimum absolute atomic E-state index is 0.546. The number of hydrogen-bond donors (Lipinski definition) is 0. The summed E-state index contributed by atoms with van der Waals surface area (Å²) in [7, 11) is 0. The van der Waals surface area contributed by atoms with Crippen molar-refractivity contribution < 1.29 is 4.74 Å². The van der Waals surface area contributed by atoms with E-state index < -0.39 is 0 Å². The molecule has 2 atom stereocenters. The molecular formula is C9H18O. The van der Waals surface area contributed by atoms with Gasteiger partial charge in [-0.3, -0.25) is 0 Å². The van der Waals surface area contributed by atoms with Gasteiger partial charge in [-0.1, -0.05) is 27.2 Å². The number of ether oxygens (including phenoxy) is 1. The summed E-state index contributed by atoms with van der Waals surface area (Å²) in [5.74, 6) is 1.53. The van der Waals surface area contributed by atoms with Gasteiger partial charge in [-0.2, -0.15) is 0 Å². The largest absolute Gasteiger partial charge is 0.378 e. The lowest BCUT2D eigenvalue weighted by molar-refractivity contribution is 0.0532. The molecule has 1 heterocycles. The number of rotatable bonds is 2. The van der Waals surface area contributed by atoms with Gasteiger partial charge in [0.2, 0.25) is 0 Å². The molecule has 1 unspecified atom stereocenters. The molecule has 0 aromatic rings. The van der Waals surface area contributed by atoms with E-state index in [0.29, 0.717) is 12.0 Å². The van der Waals surface area contributed by atoms with E-state index in [9.17, 15) is 0 Å². The van der Waals surface area contributed by atoms with Crippen LogP contribution in [-0.4, -0.2) is 12.7 Å². The van der Waals surface area contributed by atoms with Gasteiger partial charge in [0.25, 0.3) is 0 Å². The minimum Gasteiger partial charge on any atom is -0.378 e. The Kier molecular flexibility index (Phi) is 2.72. The third-order valence-corrected chi connectivity index (χ3v) is 2.45. The van der Waals surface area contributed by atoms with E-state index in [4.69, 9.17) is 4.74 Å². The summed E-state index contributed by atoms with van der Waals surface area (Å²) in [4.78, 5) is 0. The molecule has 0 spiro atoms. The van der Waals surface area contributed by atoms with Crippen LogP contribution in [0.15, 0.2) is 0 Å². The normalized spacial score (nSPS) is 33.6. The molecule has 0 aliphatic carbocycles. The molecule has 1 rings (SSSR count). The lowest BCUT2D eigenvalue weighted by Gasteiger charge is -2.20. The fraction of sp³-hybridized carbons (Fsp3) is 1.00. The standard InChI is InChI=1S/C9H18O/c1-4-8-5-6-10-9(8)7(2)3/h7-9H,4-6H2,1-3H3/t8-,9?/m0/s1. The average molecular weight is 142 g/mol. The van der Waals surface area contributed by atoms with Crippen LogP contribution in [0.4, 0.5) is 0 Å². The molecule has 10 heavy (non-hydrogen) atoms. The fourth-order valence-corrected chi connectivity index (χ4v) is 1.83. The zero-order valence-electron chi connectivity index (χ0n) is 7.26. The van der Waals surface area contributed by atoms with Gasteiger partial charge in [0.05, 0.1) is 6.10 Å². The maximum absolute atomic E-state index is 5.62. The van der Waals surface area contributed by atoms with Crippen molar-refractivity contribution in [3.05, 3.63) is 0 Å². The van der Waals surface area contributed by atoms with Gasteiger partial charge in [-0.15, -0.1) is 0 Å². The van der Waals surface area contributed by atoms with E-state index in [1.54, 1.807) is 0 Å². The van der Waals surface area contributed by atoms with Gasteiger partial charge in [0, 0.05) is 6.61 Å². The Morgan fingerprint density at radius 1 is 1.50 bits per heavy atom. The van der Waals surface area contributed by atoms with Crippen molar-refractivity contribution in [2.75, 3.05) is 6.61 Å². The van der Waals surface area contributed by atoms with Crippen molar-refractivity contribution in [3.8, 4) is 0 Å². The molecule has 0 aromatic carbocycles. The van der Waals surface area contributed by atoms with Crippen molar-refractivity contribution in [3.63, 3.8) is 0 Å². The van der Waals surface area contributed by atoms with Crippen LogP contribution < -0.4 is 0 Å². The Morgan fingerprint density at radius 2 is 2.20 bits per heavy atom. The summed E-state index contributed by atoms with van der Waals surface area (Å²) in [6.07, 6.45) is 3.10. The van der Waals surface area contributed by atoms with Gasteiger partial charge in [-0.05, 0) is 18.3 Å². The van der Waals surface area contributed by atoms with Gasteiger partial charge < -0.3 is 4.74 Å². The molecule has 0 N–H and O–H groups in total. The van der Waals surface area contributed by atoms with Gasteiger partial charge in [-0.25, -0.2) is 0 Å². The van der Waals surface area contributed by atoms with Crippen LogP contribution in [0.3, 0.4) is 0 Å². The first-order chi connectivity index (χ1) is 4.75. The summed E-state index contributed by atoms with van der Waals surface area (Å²) in [6, 6.07) is 0. The van der Waals surface area contributed by atoms with Crippen molar-refractivity contribution in [1.29, 1.82) is 0 Å². The summed E-state index contributed by atoms with van der Waals surface area (Å²) >= 11 is 0. The quantitative estimate of drug-likeness (QED) is 0.575. The van der Waals surface area contributed by atoms with Crippen molar-refractivity contribution in [2.24, 2.45) is 11.8 Å². The maximum atomic E-state index is 5.62. The fourth-order valence-electron chi connectivity index (χ4n) is 1.83. The second-order valence-corrected chi connectivity index (χ2v) is 3.54. The van der Waals surface area contributed by atoms with E-state index in [0.717, 1.165) is 12.5 Å².